The Morgan fingerprint density at radius 1 is 1.23 bits per heavy atom. The van der Waals surface area contributed by atoms with Crippen LogP contribution >= 0.6 is 0 Å². The molecule has 0 N–H and O–H groups in total. The van der Waals surface area contributed by atoms with Crippen molar-refractivity contribution < 1.29 is 13.9 Å². The van der Waals surface area contributed by atoms with Gasteiger partial charge in [-0.2, -0.15) is 0 Å². The molecule has 2 aromatic carbocycles. The van der Waals surface area contributed by atoms with E-state index in [1.165, 1.54) is 17.7 Å². The Morgan fingerprint density at radius 3 is 2.77 bits per heavy atom. The standard InChI is InChI=1S/C26H31FN2O2/c1-4-20(3)31-24-10-5-7-21(15-24)18-28-14-13-26(17-19(28)2)12-11-25(30)29(26)23-9-6-8-22(27)16-23/h5-12,15-16,19-20H,4,13-14,17-18H2,1-3H3/t19-,20+,26+/m0/s1. The SMILES string of the molecule is CC[C@@H](C)Oc1cccc(CN2CC[C@]3(C=CC(=O)N3c3cccc(F)c3)C[C@@H]2C)c1. The molecule has 0 aromatic heterocycles. The van der Waals surface area contributed by atoms with Crippen molar-refractivity contribution in [1.82, 2.24) is 4.90 Å². The molecule has 2 aromatic rings. The molecule has 31 heavy (non-hydrogen) atoms. The predicted octanol–water partition coefficient (Wildman–Crippen LogP) is 5.33. The van der Waals surface area contributed by atoms with Crippen LogP contribution in [0.3, 0.4) is 0 Å². The molecular formula is C26H31FN2O2. The number of nitrogens with zero attached hydrogens (tertiary/aromatic N) is 2. The highest BCUT2D eigenvalue weighted by molar-refractivity contribution is 6.06. The van der Waals surface area contributed by atoms with Crippen molar-refractivity contribution in [2.24, 2.45) is 0 Å². The van der Waals surface area contributed by atoms with Crippen LogP contribution < -0.4 is 9.64 Å². The van der Waals surface area contributed by atoms with Gasteiger partial charge in [-0.25, -0.2) is 4.39 Å². The van der Waals surface area contributed by atoms with Gasteiger partial charge < -0.3 is 4.74 Å². The molecule has 0 saturated carbocycles. The second-order valence-corrected chi connectivity index (χ2v) is 8.85. The smallest absolute Gasteiger partial charge is 0.251 e. The molecule has 2 aliphatic rings. The average molecular weight is 423 g/mol. The van der Waals surface area contributed by atoms with Crippen molar-refractivity contribution in [1.29, 1.82) is 0 Å². The first-order chi connectivity index (χ1) is 14.9. The van der Waals surface area contributed by atoms with Crippen LogP contribution in [0.1, 0.15) is 45.6 Å². The lowest BCUT2D eigenvalue weighted by atomic mass is 9.82. The Bertz CT molecular complexity index is 975. The first-order valence-electron chi connectivity index (χ1n) is 11.2. The molecule has 1 spiro atoms. The van der Waals surface area contributed by atoms with Crippen LogP contribution in [0.5, 0.6) is 5.75 Å². The Hall–Kier alpha value is -2.66. The molecule has 5 heteroatoms. The fraction of sp³-hybridized carbons (Fsp3) is 0.423. The molecule has 0 bridgehead atoms. The van der Waals surface area contributed by atoms with Crippen molar-refractivity contribution in [3.8, 4) is 5.75 Å². The Morgan fingerprint density at radius 2 is 2.03 bits per heavy atom. The van der Waals surface area contributed by atoms with Crippen LogP contribution in [0.15, 0.2) is 60.7 Å². The number of ether oxygens (including phenoxy) is 1. The molecule has 3 atom stereocenters. The summed E-state index contributed by atoms with van der Waals surface area (Å²) in [7, 11) is 0. The maximum absolute atomic E-state index is 13.8. The number of hydrogen-bond donors (Lipinski definition) is 0. The van der Waals surface area contributed by atoms with E-state index in [2.05, 4.69) is 37.8 Å². The van der Waals surface area contributed by atoms with Crippen LogP contribution in [-0.2, 0) is 11.3 Å². The van der Waals surface area contributed by atoms with Crippen LogP contribution in [0, 0.1) is 5.82 Å². The summed E-state index contributed by atoms with van der Waals surface area (Å²) in [6.45, 7) is 8.11. The summed E-state index contributed by atoms with van der Waals surface area (Å²) in [6.07, 6.45) is 6.47. The molecule has 2 aliphatic heterocycles. The second-order valence-electron chi connectivity index (χ2n) is 8.85. The number of carbonyl (C=O) groups excluding carboxylic acids is 1. The molecule has 164 valence electrons. The zero-order valence-electron chi connectivity index (χ0n) is 18.6. The molecule has 0 radical (unpaired) electrons. The lowest BCUT2D eigenvalue weighted by Crippen LogP contribution is -2.56. The van der Waals surface area contributed by atoms with Crippen molar-refractivity contribution >= 4 is 11.6 Å². The van der Waals surface area contributed by atoms with E-state index in [1.54, 1.807) is 17.0 Å². The minimum Gasteiger partial charge on any atom is -0.491 e. The summed E-state index contributed by atoms with van der Waals surface area (Å²) in [5.74, 6) is 0.521. The van der Waals surface area contributed by atoms with Gasteiger partial charge in [-0.1, -0.05) is 31.2 Å². The van der Waals surface area contributed by atoms with Gasteiger partial charge in [-0.15, -0.1) is 0 Å². The third kappa shape index (κ3) is 4.52. The van der Waals surface area contributed by atoms with Crippen LogP contribution in [0.4, 0.5) is 10.1 Å². The monoisotopic (exact) mass is 422 g/mol. The Kier molecular flexibility index (Phi) is 6.15. The van der Waals surface area contributed by atoms with Gasteiger partial charge in [0.1, 0.15) is 11.6 Å². The Labute approximate surface area is 184 Å². The highest BCUT2D eigenvalue weighted by atomic mass is 19.1. The zero-order valence-corrected chi connectivity index (χ0v) is 18.6. The lowest BCUT2D eigenvalue weighted by molar-refractivity contribution is -0.114. The van der Waals surface area contributed by atoms with Crippen molar-refractivity contribution in [3.05, 3.63) is 72.1 Å². The van der Waals surface area contributed by atoms with Gasteiger partial charge in [0.2, 0.25) is 0 Å². The number of piperidine rings is 1. The van der Waals surface area contributed by atoms with Gasteiger partial charge in [0.15, 0.2) is 0 Å². The number of likely N-dealkylation sites (tertiary alicyclic amines) is 1. The van der Waals surface area contributed by atoms with Crippen LogP contribution in [-0.4, -0.2) is 35.0 Å². The molecule has 0 aliphatic carbocycles. The van der Waals surface area contributed by atoms with Gasteiger partial charge in [0.05, 0.1) is 11.6 Å². The number of halogens is 1. The summed E-state index contributed by atoms with van der Waals surface area (Å²) >= 11 is 0. The molecule has 1 saturated heterocycles. The number of amides is 1. The maximum Gasteiger partial charge on any atom is 0.251 e. The van der Waals surface area contributed by atoms with Crippen LogP contribution in [0.25, 0.3) is 0 Å². The van der Waals surface area contributed by atoms with Crippen molar-refractivity contribution in [2.75, 3.05) is 11.4 Å². The topological polar surface area (TPSA) is 32.8 Å². The van der Waals surface area contributed by atoms with Crippen LogP contribution in [0.2, 0.25) is 0 Å². The lowest BCUT2D eigenvalue weighted by Gasteiger charge is -2.47. The van der Waals surface area contributed by atoms with E-state index in [9.17, 15) is 9.18 Å². The van der Waals surface area contributed by atoms with E-state index in [1.807, 2.05) is 24.3 Å². The minimum atomic E-state index is -0.387. The minimum absolute atomic E-state index is 0.0684. The number of benzene rings is 2. The summed E-state index contributed by atoms with van der Waals surface area (Å²) in [5.41, 5.74) is 1.47. The summed E-state index contributed by atoms with van der Waals surface area (Å²) in [6, 6.07) is 14.9. The third-order valence-electron chi connectivity index (χ3n) is 6.57. The number of rotatable bonds is 6. The molecule has 1 amide bonds. The van der Waals surface area contributed by atoms with E-state index >= 15 is 0 Å². The molecule has 1 fully saturated rings. The van der Waals surface area contributed by atoms with Gasteiger partial charge in [0, 0.05) is 30.9 Å². The van der Waals surface area contributed by atoms with E-state index in [-0.39, 0.29) is 29.4 Å². The second kappa shape index (κ2) is 8.83. The highest BCUT2D eigenvalue weighted by Gasteiger charge is 2.46. The van der Waals surface area contributed by atoms with Gasteiger partial charge in [-0.05, 0) is 69.0 Å². The number of anilines is 1. The number of carbonyl (C=O) groups is 1. The molecule has 4 rings (SSSR count). The van der Waals surface area contributed by atoms with E-state index in [4.69, 9.17) is 4.74 Å². The molecular weight excluding hydrogens is 391 g/mol. The average Bonchev–Trinajstić information content (AvgIpc) is 3.06. The first-order valence-corrected chi connectivity index (χ1v) is 11.2. The highest BCUT2D eigenvalue weighted by Crippen LogP contribution is 2.41. The van der Waals surface area contributed by atoms with E-state index in [0.717, 1.165) is 38.1 Å². The van der Waals surface area contributed by atoms with Gasteiger partial charge in [0.25, 0.3) is 5.91 Å². The quantitative estimate of drug-likeness (QED) is 0.631. The van der Waals surface area contributed by atoms with E-state index in [0.29, 0.717) is 5.69 Å². The molecule has 2 heterocycles. The molecule has 4 nitrogen and oxygen atoms in total. The number of hydrogen-bond acceptors (Lipinski definition) is 3. The zero-order chi connectivity index (χ0) is 22.0. The molecule has 0 unspecified atom stereocenters. The normalized spacial score (nSPS) is 24.7. The first kappa shape index (κ1) is 21.6. The predicted molar refractivity (Wildman–Crippen MR) is 122 cm³/mol. The van der Waals surface area contributed by atoms with Gasteiger partial charge in [-0.3, -0.25) is 14.6 Å². The fourth-order valence-electron chi connectivity index (χ4n) is 4.75. The van der Waals surface area contributed by atoms with Gasteiger partial charge >= 0.3 is 0 Å². The summed E-state index contributed by atoms with van der Waals surface area (Å²) < 4.78 is 19.8. The van der Waals surface area contributed by atoms with E-state index < -0.39 is 0 Å². The summed E-state index contributed by atoms with van der Waals surface area (Å²) in [5, 5.41) is 0. The van der Waals surface area contributed by atoms with Crippen molar-refractivity contribution in [2.45, 2.75) is 64.3 Å². The third-order valence-corrected chi connectivity index (χ3v) is 6.57. The summed E-state index contributed by atoms with van der Waals surface area (Å²) in [4.78, 5) is 16.9. The fourth-order valence-corrected chi connectivity index (χ4v) is 4.75. The Balaban J connectivity index is 1.48. The van der Waals surface area contributed by atoms with Crippen molar-refractivity contribution in [3.63, 3.8) is 0 Å². The largest absolute Gasteiger partial charge is 0.491 e. The maximum atomic E-state index is 13.8.